The van der Waals surface area contributed by atoms with Crippen LogP contribution in [0.25, 0.3) is 0 Å². The molecule has 4 nitrogen and oxygen atoms in total. The Labute approximate surface area is 120 Å². The van der Waals surface area contributed by atoms with E-state index in [9.17, 15) is 8.42 Å². The largest absolute Gasteiger partial charge is 0.506 e. The molecule has 0 aliphatic heterocycles. The highest BCUT2D eigenvalue weighted by atomic mass is 79.9. The zero-order chi connectivity index (χ0) is 12.9. The van der Waals surface area contributed by atoms with Gasteiger partial charge in [-0.2, -0.15) is 0 Å². The van der Waals surface area contributed by atoms with Crippen LogP contribution >= 0.6 is 47.3 Å². The first-order valence-corrected chi connectivity index (χ1v) is 8.49. The maximum absolute atomic E-state index is 11.0. The van der Waals surface area contributed by atoms with Crippen LogP contribution in [0.1, 0.15) is 0 Å². The van der Waals surface area contributed by atoms with E-state index in [0.717, 1.165) is 6.26 Å². The van der Waals surface area contributed by atoms with Crippen LogP contribution in [0.3, 0.4) is 0 Å². The Morgan fingerprint density at radius 1 is 1.31 bits per heavy atom. The Kier molecular flexibility index (Phi) is 7.00. The lowest BCUT2D eigenvalue weighted by atomic mass is 10.3. The van der Waals surface area contributed by atoms with Crippen molar-refractivity contribution in [1.82, 2.24) is 0 Å². The second-order valence-corrected chi connectivity index (χ2v) is 11.2. The molecule has 0 saturated heterocycles. The summed E-state index contributed by atoms with van der Waals surface area (Å²) in [6, 6.07) is 3.79. The molecule has 0 aliphatic carbocycles. The van der Waals surface area contributed by atoms with Crippen molar-refractivity contribution in [1.29, 1.82) is 0 Å². The fraction of sp³-hybridized carbons (Fsp3) is 0.143. The summed E-state index contributed by atoms with van der Waals surface area (Å²) in [7, 11) is -3.23. The summed E-state index contributed by atoms with van der Waals surface area (Å²) >= 11 is 9.31. The number of sulfone groups is 1. The molecule has 0 aliphatic rings. The van der Waals surface area contributed by atoms with E-state index in [1.807, 2.05) is 0 Å². The maximum atomic E-state index is 11.0. The number of nitrogens with two attached hydrogens (primary N) is 1. The lowest BCUT2D eigenvalue weighted by molar-refractivity contribution is 0.477. The highest BCUT2D eigenvalue weighted by Gasteiger charge is 2.08. The highest BCUT2D eigenvalue weighted by Crippen LogP contribution is 2.22. The van der Waals surface area contributed by atoms with Crippen molar-refractivity contribution in [2.45, 2.75) is 4.90 Å². The average Bonchev–Trinajstić information content (AvgIpc) is 2.06. The second kappa shape index (κ2) is 6.88. The van der Waals surface area contributed by atoms with Gasteiger partial charge in [0.25, 0.3) is 0 Å². The lowest BCUT2D eigenvalue weighted by Crippen LogP contribution is -1.98. The van der Waals surface area contributed by atoms with Gasteiger partial charge < -0.3 is 10.8 Å². The van der Waals surface area contributed by atoms with Gasteiger partial charge in [-0.1, -0.05) is 0 Å². The number of hydrogen-bond acceptors (Lipinski definition) is 4. The fourth-order valence-corrected chi connectivity index (χ4v) is 1.42. The van der Waals surface area contributed by atoms with E-state index < -0.39 is 9.84 Å². The molecule has 16 heavy (non-hydrogen) atoms. The predicted octanol–water partition coefficient (Wildman–Crippen LogP) is 2.53. The van der Waals surface area contributed by atoms with Gasteiger partial charge in [-0.15, -0.1) is 47.3 Å². The van der Waals surface area contributed by atoms with E-state index in [1.165, 1.54) is 18.2 Å². The third kappa shape index (κ3) is 6.77. The van der Waals surface area contributed by atoms with Crippen LogP contribution in [0.15, 0.2) is 23.1 Å². The molecule has 0 radical (unpaired) electrons. The fourth-order valence-electron chi connectivity index (χ4n) is 0.763. The zero-order valence-corrected chi connectivity index (χ0v) is 13.8. The number of hydrogen-bond donors (Lipinski definition) is 2. The smallest absolute Gasteiger partial charge is 0.369 e. The first-order valence-electron chi connectivity index (χ1n) is 3.85. The SMILES string of the molecule is BrB(Br)Br.CS(=O)(=O)c1ccc(O)c(N)c1. The molecule has 0 amide bonds. The van der Waals surface area contributed by atoms with E-state index in [1.54, 1.807) is 0 Å². The number of nitrogen functional groups attached to an aromatic ring is 1. The van der Waals surface area contributed by atoms with Crippen LogP contribution < -0.4 is 5.73 Å². The molecule has 3 N–H and O–H groups in total. The van der Waals surface area contributed by atoms with Crippen molar-refractivity contribution in [3.63, 3.8) is 0 Å². The minimum absolute atomic E-state index is 0.0675. The third-order valence-corrected chi connectivity index (χ3v) is 2.54. The van der Waals surface area contributed by atoms with Gasteiger partial charge in [0.05, 0.1) is 10.6 Å². The molecule has 0 unspecified atom stereocenters. The molecule has 0 aromatic heterocycles. The van der Waals surface area contributed by atoms with Crippen molar-refractivity contribution >= 4 is 66.0 Å². The van der Waals surface area contributed by atoms with Gasteiger partial charge in [0.15, 0.2) is 9.84 Å². The van der Waals surface area contributed by atoms with Gasteiger partial charge in [0, 0.05) is 6.26 Å². The summed E-state index contributed by atoms with van der Waals surface area (Å²) in [5, 5.41) is 8.99. The molecule has 1 aromatic carbocycles. The Hall–Kier alpha value is 0.275. The third-order valence-electron chi connectivity index (χ3n) is 1.43. The van der Waals surface area contributed by atoms with Gasteiger partial charge in [0.1, 0.15) is 5.75 Å². The lowest BCUT2D eigenvalue weighted by Gasteiger charge is -2.01. The molecule has 0 saturated carbocycles. The van der Waals surface area contributed by atoms with E-state index >= 15 is 0 Å². The number of halogens is 3. The van der Waals surface area contributed by atoms with Crippen LogP contribution in [-0.2, 0) is 9.84 Å². The van der Waals surface area contributed by atoms with Crippen molar-refractivity contribution in [3.8, 4) is 5.75 Å². The molecular formula is C7H9BBr3NO3S. The summed E-state index contributed by atoms with van der Waals surface area (Å²) in [6.07, 6.45) is 1.08. The van der Waals surface area contributed by atoms with Crippen LogP contribution in [0, 0.1) is 0 Å². The first kappa shape index (κ1) is 16.3. The summed E-state index contributed by atoms with van der Waals surface area (Å²) < 4.78 is 22.2. The summed E-state index contributed by atoms with van der Waals surface area (Å²) in [6.45, 7) is 0. The van der Waals surface area contributed by atoms with Gasteiger partial charge >= 0.3 is 3.18 Å². The molecule has 9 heteroatoms. The number of aromatic hydroxyl groups is 1. The minimum atomic E-state index is -3.23. The number of anilines is 1. The Morgan fingerprint density at radius 3 is 2.06 bits per heavy atom. The highest BCUT2D eigenvalue weighted by molar-refractivity contribution is 9.69. The van der Waals surface area contributed by atoms with Crippen LogP contribution in [-0.4, -0.2) is 23.0 Å². The maximum Gasteiger partial charge on any atom is 0.369 e. The van der Waals surface area contributed by atoms with Crippen molar-refractivity contribution in [2.75, 3.05) is 12.0 Å². The summed E-state index contributed by atoms with van der Waals surface area (Å²) in [4.78, 5) is 0.109. The molecule has 0 atom stereocenters. The molecule has 0 fully saturated rings. The topological polar surface area (TPSA) is 80.4 Å². The number of phenols is 1. The van der Waals surface area contributed by atoms with E-state index in [4.69, 9.17) is 10.8 Å². The first-order chi connectivity index (χ1) is 7.14. The zero-order valence-electron chi connectivity index (χ0n) is 8.19. The van der Waals surface area contributed by atoms with Gasteiger partial charge in [0.2, 0.25) is 0 Å². The summed E-state index contributed by atoms with van der Waals surface area (Å²) in [5.74, 6) is -0.109. The monoisotopic (exact) mass is 435 g/mol. The molecule has 0 bridgehead atoms. The minimum Gasteiger partial charge on any atom is -0.506 e. The predicted molar refractivity (Wildman–Crippen MR) is 78.2 cm³/mol. The van der Waals surface area contributed by atoms with E-state index in [2.05, 4.69) is 47.3 Å². The molecule has 0 heterocycles. The van der Waals surface area contributed by atoms with Gasteiger partial charge in [-0.3, -0.25) is 0 Å². The number of phenolic OH excluding ortho intramolecular Hbond substituents is 1. The van der Waals surface area contributed by atoms with Crippen LogP contribution in [0.2, 0.25) is 0 Å². The number of benzene rings is 1. The van der Waals surface area contributed by atoms with Gasteiger partial charge in [-0.05, 0) is 18.2 Å². The Balaban J connectivity index is 0.000000487. The van der Waals surface area contributed by atoms with Crippen LogP contribution in [0.5, 0.6) is 5.75 Å². The molecular weight excluding hydrogens is 429 g/mol. The van der Waals surface area contributed by atoms with Crippen molar-refractivity contribution in [3.05, 3.63) is 18.2 Å². The number of rotatable bonds is 1. The average molecular weight is 438 g/mol. The van der Waals surface area contributed by atoms with Crippen LogP contribution in [0.4, 0.5) is 5.69 Å². The summed E-state index contributed by atoms with van der Waals surface area (Å²) in [5.41, 5.74) is 5.37. The van der Waals surface area contributed by atoms with E-state index in [-0.39, 0.29) is 19.5 Å². The quantitative estimate of drug-likeness (QED) is 0.402. The normalized spacial score (nSPS) is 10.2. The molecule has 1 rings (SSSR count). The second-order valence-electron chi connectivity index (χ2n) is 2.74. The molecule has 1 aromatic rings. The van der Waals surface area contributed by atoms with E-state index in [0.29, 0.717) is 0 Å². The Bertz CT molecular complexity index is 449. The standard InChI is InChI=1S/C7H9NO3S.BBr3/c1-12(10,11)5-2-3-7(9)6(8)4-5;2-1(3)4/h2-4,9H,8H2,1H3;. The Morgan fingerprint density at radius 2 is 1.75 bits per heavy atom. The van der Waals surface area contributed by atoms with Crippen molar-refractivity contribution in [2.24, 2.45) is 0 Å². The van der Waals surface area contributed by atoms with Crippen molar-refractivity contribution < 1.29 is 13.5 Å². The van der Waals surface area contributed by atoms with Gasteiger partial charge in [-0.25, -0.2) is 8.42 Å². The molecule has 0 spiro atoms. The molecule has 90 valence electrons.